The number of hydrogen-bond acceptors (Lipinski definition) is 3. The molecule has 6 heteroatoms. The summed E-state index contributed by atoms with van der Waals surface area (Å²) in [4.78, 5) is 26.7. The predicted octanol–water partition coefficient (Wildman–Crippen LogP) is 3.23. The number of fused-ring (bicyclic) bond motifs is 1. The molecule has 108 valence electrons. The molecule has 1 atom stereocenters. The van der Waals surface area contributed by atoms with E-state index in [-0.39, 0.29) is 5.91 Å². The third kappa shape index (κ3) is 2.54. The summed E-state index contributed by atoms with van der Waals surface area (Å²) in [6, 6.07) is 7.44. The highest BCUT2D eigenvalue weighted by molar-refractivity contribution is 7.10. The summed E-state index contributed by atoms with van der Waals surface area (Å²) in [5.41, 5.74) is 1.13. The van der Waals surface area contributed by atoms with Crippen LogP contribution in [0.25, 0.3) is 0 Å². The van der Waals surface area contributed by atoms with Crippen molar-refractivity contribution in [2.24, 2.45) is 0 Å². The Morgan fingerprint density at radius 2 is 2.14 bits per heavy atom. The van der Waals surface area contributed by atoms with Crippen LogP contribution in [0.4, 0.5) is 0 Å². The topological polar surface area (TPSA) is 57.6 Å². The minimum Gasteiger partial charge on any atom is -0.479 e. The molecule has 0 saturated heterocycles. The molecule has 1 aliphatic heterocycles. The lowest BCUT2D eigenvalue weighted by molar-refractivity contribution is -0.142. The van der Waals surface area contributed by atoms with Gasteiger partial charge in [0.2, 0.25) is 0 Å². The summed E-state index contributed by atoms with van der Waals surface area (Å²) in [6.07, 6.45) is 0.684. The number of carboxylic acid groups (broad SMARTS) is 1. The molecule has 2 aromatic rings. The molecule has 0 radical (unpaired) electrons. The summed E-state index contributed by atoms with van der Waals surface area (Å²) >= 11 is 7.44. The monoisotopic (exact) mass is 321 g/mol. The number of rotatable bonds is 2. The Kier molecular flexibility index (Phi) is 3.69. The minimum absolute atomic E-state index is 0.304. The number of thiophene rings is 1. The number of carboxylic acids is 1. The lowest BCUT2D eigenvalue weighted by atomic mass is 9.99. The van der Waals surface area contributed by atoms with E-state index in [2.05, 4.69) is 0 Å². The summed E-state index contributed by atoms with van der Waals surface area (Å²) < 4.78 is 0. The van der Waals surface area contributed by atoms with Crippen molar-refractivity contribution in [2.75, 3.05) is 6.54 Å². The number of hydrogen-bond donors (Lipinski definition) is 1. The second kappa shape index (κ2) is 5.50. The van der Waals surface area contributed by atoms with Gasteiger partial charge in [0.15, 0.2) is 6.04 Å². The zero-order valence-electron chi connectivity index (χ0n) is 11.0. The van der Waals surface area contributed by atoms with Gasteiger partial charge in [-0.05, 0) is 41.6 Å². The summed E-state index contributed by atoms with van der Waals surface area (Å²) in [6.45, 7) is 0.399. The van der Waals surface area contributed by atoms with Crippen LogP contribution in [0.3, 0.4) is 0 Å². The van der Waals surface area contributed by atoms with Crippen LogP contribution in [-0.4, -0.2) is 28.4 Å². The van der Waals surface area contributed by atoms with Crippen molar-refractivity contribution >= 4 is 34.8 Å². The van der Waals surface area contributed by atoms with Crippen LogP contribution in [0.2, 0.25) is 5.02 Å². The first-order chi connectivity index (χ1) is 10.1. The van der Waals surface area contributed by atoms with Crippen molar-refractivity contribution in [1.29, 1.82) is 0 Å². The maximum atomic E-state index is 12.6. The summed E-state index contributed by atoms with van der Waals surface area (Å²) in [5, 5.41) is 11.8. The smallest absolute Gasteiger partial charge is 0.331 e. The fourth-order valence-electron chi connectivity index (χ4n) is 2.59. The van der Waals surface area contributed by atoms with Crippen molar-refractivity contribution < 1.29 is 14.7 Å². The molecule has 1 amide bonds. The number of halogens is 1. The Morgan fingerprint density at radius 1 is 1.33 bits per heavy atom. The van der Waals surface area contributed by atoms with Crippen LogP contribution in [0.5, 0.6) is 0 Å². The molecule has 4 nitrogen and oxygen atoms in total. The average Bonchev–Trinajstić information content (AvgIpc) is 2.93. The van der Waals surface area contributed by atoms with Gasteiger partial charge in [-0.25, -0.2) is 4.79 Å². The van der Waals surface area contributed by atoms with Crippen LogP contribution in [-0.2, 0) is 11.2 Å². The van der Waals surface area contributed by atoms with Crippen LogP contribution in [0.1, 0.15) is 26.8 Å². The number of benzene rings is 1. The first kappa shape index (κ1) is 14.1. The third-order valence-corrected chi connectivity index (χ3v) is 4.76. The zero-order chi connectivity index (χ0) is 15.0. The van der Waals surface area contributed by atoms with Crippen LogP contribution in [0.15, 0.2) is 35.7 Å². The Hall–Kier alpha value is -1.85. The average molecular weight is 322 g/mol. The number of carbonyl (C=O) groups is 2. The lowest BCUT2D eigenvalue weighted by Crippen LogP contribution is -2.43. The van der Waals surface area contributed by atoms with E-state index in [1.807, 2.05) is 5.38 Å². The van der Waals surface area contributed by atoms with E-state index in [4.69, 9.17) is 11.6 Å². The van der Waals surface area contributed by atoms with Gasteiger partial charge in [-0.2, -0.15) is 0 Å². The molecule has 21 heavy (non-hydrogen) atoms. The second-order valence-corrected chi connectivity index (χ2v) is 6.24. The summed E-state index contributed by atoms with van der Waals surface area (Å²) in [5.74, 6) is -1.31. The van der Waals surface area contributed by atoms with Gasteiger partial charge in [0.25, 0.3) is 5.91 Å². The fraction of sp³-hybridized carbons (Fsp3) is 0.200. The van der Waals surface area contributed by atoms with Gasteiger partial charge in [-0.1, -0.05) is 17.7 Å². The van der Waals surface area contributed by atoms with Crippen molar-refractivity contribution in [3.8, 4) is 0 Å². The quantitative estimate of drug-likeness (QED) is 0.924. The molecule has 3 rings (SSSR count). The molecule has 0 aliphatic carbocycles. The lowest BCUT2D eigenvalue weighted by Gasteiger charge is -2.33. The highest BCUT2D eigenvalue weighted by atomic mass is 35.5. The predicted molar refractivity (Wildman–Crippen MR) is 80.9 cm³/mol. The third-order valence-electron chi connectivity index (χ3n) is 3.53. The molecule has 1 N–H and O–H groups in total. The number of aliphatic carboxylic acids is 1. The molecule has 0 bridgehead atoms. The van der Waals surface area contributed by atoms with Gasteiger partial charge in [-0.3, -0.25) is 4.79 Å². The maximum absolute atomic E-state index is 12.6. The number of amides is 1. The largest absolute Gasteiger partial charge is 0.479 e. The molecule has 1 unspecified atom stereocenters. The molecule has 1 aliphatic rings. The van der Waals surface area contributed by atoms with Gasteiger partial charge in [0.05, 0.1) is 0 Å². The van der Waals surface area contributed by atoms with Crippen LogP contribution < -0.4 is 0 Å². The molecule has 0 fully saturated rings. The van der Waals surface area contributed by atoms with Crippen molar-refractivity contribution in [2.45, 2.75) is 12.5 Å². The van der Waals surface area contributed by atoms with Gasteiger partial charge >= 0.3 is 5.97 Å². The van der Waals surface area contributed by atoms with E-state index in [1.54, 1.807) is 30.3 Å². The van der Waals surface area contributed by atoms with Crippen molar-refractivity contribution in [3.05, 3.63) is 56.7 Å². The van der Waals surface area contributed by atoms with E-state index in [0.29, 0.717) is 29.1 Å². The molecular formula is C15H12ClNO3S. The van der Waals surface area contributed by atoms with E-state index in [0.717, 1.165) is 4.88 Å². The Balaban J connectivity index is 1.98. The van der Waals surface area contributed by atoms with E-state index < -0.39 is 12.0 Å². The van der Waals surface area contributed by atoms with E-state index >= 15 is 0 Å². The van der Waals surface area contributed by atoms with Gasteiger partial charge in [0.1, 0.15) is 0 Å². The Morgan fingerprint density at radius 3 is 2.86 bits per heavy atom. The number of carbonyl (C=O) groups excluding carboxylic acids is 1. The molecule has 1 aromatic heterocycles. The Bertz CT molecular complexity index is 712. The van der Waals surface area contributed by atoms with Crippen LogP contribution in [0, 0.1) is 0 Å². The summed E-state index contributed by atoms with van der Waals surface area (Å²) in [7, 11) is 0. The van der Waals surface area contributed by atoms with E-state index in [1.165, 1.54) is 16.2 Å². The normalized spacial score (nSPS) is 17.4. The van der Waals surface area contributed by atoms with Gasteiger partial charge in [0, 0.05) is 22.0 Å². The van der Waals surface area contributed by atoms with E-state index in [9.17, 15) is 14.7 Å². The SMILES string of the molecule is O=C(O)C1c2ccsc2CCN1C(=O)c1cccc(Cl)c1. The molecule has 1 aromatic carbocycles. The second-order valence-electron chi connectivity index (χ2n) is 4.80. The van der Waals surface area contributed by atoms with Crippen molar-refractivity contribution in [3.63, 3.8) is 0 Å². The van der Waals surface area contributed by atoms with Gasteiger partial charge < -0.3 is 10.0 Å². The highest BCUT2D eigenvalue weighted by Crippen LogP contribution is 2.34. The zero-order valence-corrected chi connectivity index (χ0v) is 12.5. The number of nitrogens with zero attached hydrogens (tertiary/aromatic N) is 1. The first-order valence-electron chi connectivity index (χ1n) is 6.43. The highest BCUT2D eigenvalue weighted by Gasteiger charge is 2.36. The standard InChI is InChI=1S/C15H12ClNO3S/c16-10-3-1-2-9(8-10)14(18)17-6-4-12-11(5-7-21-12)13(17)15(19)20/h1-3,5,7-8,13H,4,6H2,(H,19,20). The van der Waals surface area contributed by atoms with Gasteiger partial charge in [-0.15, -0.1) is 11.3 Å². The van der Waals surface area contributed by atoms with Crippen LogP contribution >= 0.6 is 22.9 Å². The maximum Gasteiger partial charge on any atom is 0.331 e. The first-order valence-corrected chi connectivity index (χ1v) is 7.69. The molecule has 2 heterocycles. The van der Waals surface area contributed by atoms with Crippen molar-refractivity contribution in [1.82, 2.24) is 4.90 Å². The minimum atomic E-state index is -1.01. The Labute approximate surface area is 130 Å². The fourth-order valence-corrected chi connectivity index (χ4v) is 3.68. The molecule has 0 saturated carbocycles. The molecular weight excluding hydrogens is 310 g/mol. The molecule has 0 spiro atoms.